The van der Waals surface area contributed by atoms with Crippen LogP contribution in [0.4, 0.5) is 4.39 Å². The molecule has 2 N–H and O–H groups in total. The molecule has 2 atom stereocenters. The summed E-state index contributed by atoms with van der Waals surface area (Å²) in [4.78, 5) is 11.0. The number of halogens is 1. The SMILES string of the molecule is [B]=S(O)N[C@@](C)(CCSC(C)=O)c1ccccc1F. The first-order valence-corrected chi connectivity index (χ1v) is 7.92. The van der Waals surface area contributed by atoms with E-state index in [4.69, 9.17) is 6.72 Å². The van der Waals surface area contributed by atoms with Gasteiger partial charge in [-0.2, -0.15) is 0 Å². The summed E-state index contributed by atoms with van der Waals surface area (Å²) < 4.78 is 26.0. The van der Waals surface area contributed by atoms with E-state index in [1.54, 1.807) is 25.1 Å². The normalized spacial score (nSPS) is 15.7. The summed E-state index contributed by atoms with van der Waals surface area (Å²) >= 11 is 1.17. The molecule has 0 heterocycles. The molecular formula is C12H16BFNO2S2. The second-order valence-electron chi connectivity index (χ2n) is 4.32. The summed E-state index contributed by atoms with van der Waals surface area (Å²) in [5.41, 5.74) is -0.392. The van der Waals surface area contributed by atoms with Gasteiger partial charge in [-0.1, -0.05) is 0 Å². The number of rotatable bonds is 6. The molecule has 1 radical (unpaired) electrons. The van der Waals surface area contributed by atoms with E-state index in [1.165, 1.54) is 24.8 Å². The third-order valence-corrected chi connectivity index (χ3v) is 4.18. The van der Waals surface area contributed by atoms with Crippen molar-refractivity contribution in [2.24, 2.45) is 0 Å². The molecule has 0 amide bonds. The van der Waals surface area contributed by atoms with Gasteiger partial charge < -0.3 is 0 Å². The van der Waals surface area contributed by atoms with Gasteiger partial charge in [0.15, 0.2) is 0 Å². The number of nitrogens with one attached hydrogen (secondary N) is 1. The van der Waals surface area contributed by atoms with Gasteiger partial charge in [0, 0.05) is 0 Å². The van der Waals surface area contributed by atoms with Crippen molar-refractivity contribution in [1.82, 2.24) is 4.72 Å². The Morgan fingerprint density at radius 2 is 2.21 bits per heavy atom. The predicted octanol–water partition coefficient (Wildman–Crippen LogP) is 3.04. The molecule has 0 fully saturated rings. The van der Waals surface area contributed by atoms with Crippen molar-refractivity contribution in [1.29, 1.82) is 0 Å². The van der Waals surface area contributed by atoms with Crippen LogP contribution in [0.3, 0.4) is 0 Å². The molecule has 103 valence electrons. The minimum absolute atomic E-state index is 0.00614. The zero-order chi connectivity index (χ0) is 14.5. The van der Waals surface area contributed by atoms with Gasteiger partial charge in [0.1, 0.15) is 0 Å². The fourth-order valence-electron chi connectivity index (χ4n) is 1.78. The molecule has 1 rings (SSSR count). The molecule has 0 aliphatic carbocycles. The fourth-order valence-corrected chi connectivity index (χ4v) is 3.25. The molecule has 0 spiro atoms. The van der Waals surface area contributed by atoms with Gasteiger partial charge in [0.05, 0.1) is 0 Å². The Balaban J connectivity index is 2.95. The summed E-state index contributed by atoms with van der Waals surface area (Å²) in [6.07, 6.45) is 0.472. The van der Waals surface area contributed by atoms with Crippen LogP contribution in [0.15, 0.2) is 24.3 Å². The Bertz CT molecular complexity index is 487. The average Bonchev–Trinajstić information content (AvgIpc) is 2.27. The number of hydrogen-bond acceptors (Lipinski definition) is 4. The van der Waals surface area contributed by atoms with Crippen molar-refractivity contribution >= 4 is 34.4 Å². The number of thioether (sulfide) groups is 1. The number of carbonyl (C=O) groups excluding carboxylic acids is 1. The van der Waals surface area contributed by atoms with Crippen molar-refractivity contribution in [2.45, 2.75) is 25.8 Å². The minimum atomic E-state index is -1.52. The summed E-state index contributed by atoms with van der Waals surface area (Å²) in [5, 5.41) is 0.00614. The zero-order valence-electron chi connectivity index (χ0n) is 10.9. The van der Waals surface area contributed by atoms with Crippen LogP contribution in [0.2, 0.25) is 0 Å². The Kier molecular flexibility index (Phi) is 6.39. The third-order valence-electron chi connectivity index (χ3n) is 2.71. The van der Waals surface area contributed by atoms with Crippen molar-refractivity contribution < 1.29 is 13.7 Å². The van der Waals surface area contributed by atoms with Crippen LogP contribution in [0.5, 0.6) is 0 Å². The second kappa shape index (κ2) is 7.33. The molecule has 1 unspecified atom stereocenters. The Morgan fingerprint density at radius 3 is 2.74 bits per heavy atom. The van der Waals surface area contributed by atoms with Crippen molar-refractivity contribution in [3.05, 3.63) is 35.6 Å². The van der Waals surface area contributed by atoms with E-state index in [0.29, 0.717) is 17.7 Å². The number of hydrogen-bond donors (Lipinski definition) is 2. The first-order valence-electron chi connectivity index (χ1n) is 5.69. The van der Waals surface area contributed by atoms with E-state index in [-0.39, 0.29) is 10.9 Å². The molecule has 19 heavy (non-hydrogen) atoms. The van der Waals surface area contributed by atoms with E-state index in [9.17, 15) is 13.7 Å². The van der Waals surface area contributed by atoms with E-state index in [2.05, 4.69) is 4.72 Å². The van der Waals surface area contributed by atoms with Crippen LogP contribution < -0.4 is 4.72 Å². The van der Waals surface area contributed by atoms with Crippen LogP contribution >= 0.6 is 22.6 Å². The second-order valence-corrected chi connectivity index (χ2v) is 6.42. The summed E-state index contributed by atoms with van der Waals surface area (Å²) in [5.74, 6) is 0.153. The van der Waals surface area contributed by atoms with Gasteiger partial charge in [0.25, 0.3) is 0 Å². The zero-order valence-corrected chi connectivity index (χ0v) is 12.5. The molecule has 0 aliphatic rings. The Labute approximate surface area is 120 Å². The van der Waals surface area contributed by atoms with Gasteiger partial charge in [-0.3, -0.25) is 0 Å². The molecule has 0 bridgehead atoms. The maximum absolute atomic E-state index is 13.9. The molecule has 7 heteroatoms. The van der Waals surface area contributed by atoms with Crippen LogP contribution in [0.25, 0.3) is 0 Å². The van der Waals surface area contributed by atoms with Gasteiger partial charge in [-0.15, -0.1) is 0 Å². The standard InChI is InChI=1S/C12H16BFNO2S2/c1-9(16)18-8-7-12(2,15-19(13)17)10-5-3-4-6-11(10)14/h3-6,15,17H,7-8H2,1-2H3/t12-,19?/m0/s1. The molecule has 0 saturated carbocycles. The van der Waals surface area contributed by atoms with Crippen LogP contribution in [-0.4, -0.2) is 22.1 Å². The molecule has 0 aromatic heterocycles. The molecule has 1 aromatic rings. The monoisotopic (exact) mass is 300 g/mol. The first kappa shape index (κ1) is 16.6. The quantitative estimate of drug-likeness (QED) is 0.793. The first-order chi connectivity index (χ1) is 8.85. The summed E-state index contributed by atoms with van der Waals surface area (Å²) in [7, 11) is -1.52. The van der Waals surface area contributed by atoms with Gasteiger partial charge >= 0.3 is 120 Å². The van der Waals surface area contributed by atoms with Crippen LogP contribution in [0.1, 0.15) is 25.8 Å². The third kappa shape index (κ3) is 5.18. The van der Waals surface area contributed by atoms with Crippen LogP contribution in [0, 0.1) is 5.82 Å². The van der Waals surface area contributed by atoms with Crippen LogP contribution in [-0.2, 0) is 10.3 Å². The number of carbonyl (C=O) groups is 1. The Hall–Kier alpha value is -0.495. The van der Waals surface area contributed by atoms with Gasteiger partial charge in [-0.25, -0.2) is 0 Å². The summed E-state index contributed by atoms with van der Waals surface area (Å²) in [6, 6.07) is 6.33. The molecule has 0 saturated heterocycles. The topological polar surface area (TPSA) is 49.3 Å². The Morgan fingerprint density at radius 1 is 1.58 bits per heavy atom. The van der Waals surface area contributed by atoms with Crippen molar-refractivity contribution in [3.63, 3.8) is 0 Å². The molecule has 0 aliphatic heterocycles. The van der Waals surface area contributed by atoms with E-state index in [1.807, 2.05) is 0 Å². The average molecular weight is 300 g/mol. The summed E-state index contributed by atoms with van der Waals surface area (Å²) in [6.45, 7) is 8.62. The fraction of sp³-hybridized carbons (Fsp3) is 0.417. The van der Waals surface area contributed by atoms with Gasteiger partial charge in [0.2, 0.25) is 0 Å². The molecule has 3 nitrogen and oxygen atoms in total. The predicted molar refractivity (Wildman–Crippen MR) is 80.6 cm³/mol. The van der Waals surface area contributed by atoms with Gasteiger partial charge in [-0.05, 0) is 0 Å². The van der Waals surface area contributed by atoms with Crippen molar-refractivity contribution in [3.8, 4) is 0 Å². The van der Waals surface area contributed by atoms with Crippen molar-refractivity contribution in [2.75, 3.05) is 5.75 Å². The molecule has 1 aromatic carbocycles. The van der Waals surface area contributed by atoms with E-state index < -0.39 is 16.3 Å². The van der Waals surface area contributed by atoms with E-state index in [0.717, 1.165) is 0 Å². The maximum atomic E-state index is 13.9. The van der Waals surface area contributed by atoms with E-state index >= 15 is 0 Å². The number of benzene rings is 1. The molecular weight excluding hydrogens is 284 g/mol.